The molecule has 0 amide bonds. The molecule has 1 saturated carbocycles. The van der Waals surface area contributed by atoms with Gasteiger partial charge in [-0.2, -0.15) is 13.2 Å². The lowest BCUT2D eigenvalue weighted by Gasteiger charge is -2.43. The topological polar surface area (TPSA) is 20.5 Å². The largest absolute Gasteiger partial charge is 0.406 e. The first-order chi connectivity index (χ1) is 9.48. The van der Waals surface area contributed by atoms with Gasteiger partial charge in [-0.3, -0.25) is 4.90 Å². The van der Waals surface area contributed by atoms with Crippen LogP contribution in [0.5, 0.6) is 0 Å². The minimum Gasteiger partial charge on any atom is -0.307 e. The van der Waals surface area contributed by atoms with Gasteiger partial charge in [-0.15, -0.1) is 0 Å². The molecule has 6 heteroatoms. The number of hydrogen-bond acceptors (Lipinski definition) is 2. The van der Waals surface area contributed by atoms with Gasteiger partial charge in [0, 0.05) is 25.5 Å². The Balaban J connectivity index is 1.63. The second-order valence-corrected chi connectivity index (χ2v) is 5.88. The molecule has 3 aliphatic rings. The smallest absolute Gasteiger partial charge is 0.307 e. The molecule has 0 atom stereocenters. The van der Waals surface area contributed by atoms with Crippen LogP contribution in [-0.2, 0) is 6.54 Å². The Labute approximate surface area is 114 Å². The van der Waals surface area contributed by atoms with E-state index in [4.69, 9.17) is 0 Å². The Morgan fingerprint density at radius 3 is 2.80 bits per heavy atom. The van der Waals surface area contributed by atoms with E-state index in [1.165, 1.54) is 0 Å². The van der Waals surface area contributed by atoms with Crippen LogP contribution in [-0.4, -0.2) is 32.5 Å². The summed E-state index contributed by atoms with van der Waals surface area (Å²) in [6.07, 6.45) is 0.0390. The predicted octanol–water partition coefficient (Wildman–Crippen LogP) is 2.86. The van der Waals surface area contributed by atoms with Crippen molar-refractivity contribution in [2.75, 3.05) is 6.54 Å². The number of fused-ring (bicyclic) bond motifs is 2. The summed E-state index contributed by atoms with van der Waals surface area (Å²) < 4.78 is 41.7. The molecule has 0 spiro atoms. The van der Waals surface area contributed by atoms with Crippen molar-refractivity contribution >= 4 is 5.65 Å². The molecule has 2 aromatic heterocycles. The zero-order valence-corrected chi connectivity index (χ0v) is 10.8. The normalized spacial score (nSPS) is 29.9. The fourth-order valence-corrected chi connectivity index (χ4v) is 3.65. The van der Waals surface area contributed by atoms with Crippen LogP contribution >= 0.6 is 0 Å². The first kappa shape index (κ1) is 12.2. The number of halogens is 3. The average Bonchev–Trinajstić information content (AvgIpc) is 2.96. The zero-order chi connectivity index (χ0) is 14.0. The predicted molar refractivity (Wildman–Crippen MR) is 67.1 cm³/mol. The Morgan fingerprint density at radius 1 is 1.30 bits per heavy atom. The second kappa shape index (κ2) is 3.75. The van der Waals surface area contributed by atoms with Crippen molar-refractivity contribution in [3.8, 4) is 0 Å². The van der Waals surface area contributed by atoms with E-state index in [2.05, 4.69) is 4.98 Å². The third-order valence-electron chi connectivity index (χ3n) is 4.63. The molecule has 2 bridgehead atoms. The Hall–Kier alpha value is -1.56. The van der Waals surface area contributed by atoms with E-state index >= 15 is 0 Å². The van der Waals surface area contributed by atoms with Gasteiger partial charge in [0.1, 0.15) is 11.2 Å². The maximum absolute atomic E-state index is 13.3. The van der Waals surface area contributed by atoms with E-state index < -0.39 is 11.7 Å². The molecule has 2 aromatic rings. The molecule has 4 heterocycles. The van der Waals surface area contributed by atoms with Crippen LogP contribution in [0, 0.1) is 5.92 Å². The Morgan fingerprint density at radius 2 is 2.10 bits per heavy atom. The van der Waals surface area contributed by atoms with Crippen molar-refractivity contribution < 1.29 is 13.2 Å². The number of rotatable bonds is 2. The van der Waals surface area contributed by atoms with Gasteiger partial charge in [-0.1, -0.05) is 6.07 Å². The van der Waals surface area contributed by atoms with Gasteiger partial charge in [-0.25, -0.2) is 4.98 Å². The van der Waals surface area contributed by atoms with Crippen LogP contribution in [0.15, 0.2) is 30.6 Å². The lowest BCUT2D eigenvalue weighted by molar-refractivity contribution is -0.238. The SMILES string of the molecule is FC(F)(F)C12CC(CN1Cc1cn3ccccc3n1)C2. The Kier molecular flexibility index (Phi) is 2.29. The minimum absolute atomic E-state index is 0.202. The highest BCUT2D eigenvalue weighted by molar-refractivity contribution is 5.39. The molecule has 1 aliphatic carbocycles. The summed E-state index contributed by atoms with van der Waals surface area (Å²) in [5.74, 6) is 0.202. The van der Waals surface area contributed by atoms with Gasteiger partial charge >= 0.3 is 6.18 Å². The first-order valence-corrected chi connectivity index (χ1v) is 6.72. The molecule has 106 valence electrons. The van der Waals surface area contributed by atoms with Crippen molar-refractivity contribution in [3.63, 3.8) is 0 Å². The van der Waals surface area contributed by atoms with E-state index in [1.807, 2.05) is 35.0 Å². The van der Waals surface area contributed by atoms with Gasteiger partial charge < -0.3 is 4.40 Å². The quantitative estimate of drug-likeness (QED) is 0.843. The summed E-state index contributed by atoms with van der Waals surface area (Å²) in [5, 5.41) is 0. The van der Waals surface area contributed by atoms with Crippen molar-refractivity contribution in [1.82, 2.24) is 14.3 Å². The van der Waals surface area contributed by atoms with Crippen molar-refractivity contribution in [1.29, 1.82) is 0 Å². The minimum atomic E-state index is -4.14. The second-order valence-electron chi connectivity index (χ2n) is 5.88. The highest BCUT2D eigenvalue weighted by atomic mass is 19.4. The number of hydrogen-bond donors (Lipinski definition) is 0. The molecule has 20 heavy (non-hydrogen) atoms. The van der Waals surface area contributed by atoms with Crippen molar-refractivity contribution in [3.05, 3.63) is 36.3 Å². The molecule has 0 aromatic carbocycles. The van der Waals surface area contributed by atoms with Gasteiger partial charge in [0.25, 0.3) is 0 Å². The third-order valence-corrected chi connectivity index (χ3v) is 4.63. The number of aromatic nitrogens is 2. The van der Waals surface area contributed by atoms with Crippen LogP contribution in [0.2, 0.25) is 0 Å². The lowest BCUT2D eigenvalue weighted by Crippen LogP contribution is -2.57. The molecule has 0 radical (unpaired) electrons. The van der Waals surface area contributed by atoms with E-state index in [0.29, 0.717) is 12.2 Å². The molecule has 0 unspecified atom stereocenters. The number of imidazole rings is 1. The molecule has 2 aliphatic heterocycles. The number of alkyl halides is 3. The molecule has 3 fully saturated rings. The van der Waals surface area contributed by atoms with Gasteiger partial charge in [0.2, 0.25) is 0 Å². The van der Waals surface area contributed by atoms with Crippen molar-refractivity contribution in [2.24, 2.45) is 5.92 Å². The summed E-state index contributed by atoms with van der Waals surface area (Å²) >= 11 is 0. The van der Waals surface area contributed by atoms with Gasteiger partial charge in [0.15, 0.2) is 0 Å². The fraction of sp³-hybridized carbons (Fsp3) is 0.500. The van der Waals surface area contributed by atoms with E-state index in [0.717, 1.165) is 5.65 Å². The molecular formula is C14H14F3N3. The summed E-state index contributed by atoms with van der Waals surface area (Å²) in [4.78, 5) is 5.97. The van der Waals surface area contributed by atoms with Gasteiger partial charge in [0.05, 0.1) is 5.69 Å². The maximum Gasteiger partial charge on any atom is 0.406 e. The van der Waals surface area contributed by atoms with Crippen molar-refractivity contribution in [2.45, 2.75) is 31.1 Å². The zero-order valence-electron chi connectivity index (χ0n) is 10.8. The highest BCUT2D eigenvalue weighted by Gasteiger charge is 2.69. The summed E-state index contributed by atoms with van der Waals surface area (Å²) in [5.41, 5.74) is -0.115. The van der Waals surface area contributed by atoms with Gasteiger partial charge in [-0.05, 0) is 30.9 Å². The monoisotopic (exact) mass is 281 g/mol. The number of pyridine rings is 1. The average molecular weight is 281 g/mol. The summed E-state index contributed by atoms with van der Waals surface area (Å²) in [6, 6.07) is 5.60. The van der Waals surface area contributed by atoms with E-state index in [9.17, 15) is 13.2 Å². The molecule has 2 saturated heterocycles. The van der Waals surface area contributed by atoms with Crippen LogP contribution in [0.3, 0.4) is 0 Å². The molecular weight excluding hydrogens is 267 g/mol. The maximum atomic E-state index is 13.3. The lowest BCUT2D eigenvalue weighted by atomic mass is 9.73. The third kappa shape index (κ3) is 1.54. The first-order valence-electron chi connectivity index (χ1n) is 6.72. The van der Waals surface area contributed by atoms with Crippen LogP contribution in [0.25, 0.3) is 5.65 Å². The van der Waals surface area contributed by atoms with Crippen LogP contribution < -0.4 is 0 Å². The molecule has 3 nitrogen and oxygen atoms in total. The molecule has 0 N–H and O–H groups in total. The Bertz CT molecular complexity index is 622. The summed E-state index contributed by atoms with van der Waals surface area (Å²) in [6.45, 7) is 0.811. The standard InChI is InChI=1S/C14H14F3N3/c15-14(16,17)13-5-10(6-13)7-20(13)9-11-8-19-4-2-1-3-12(19)18-11/h1-4,8,10H,5-7,9H2. The molecule has 5 rings (SSSR count). The summed E-state index contributed by atoms with van der Waals surface area (Å²) in [7, 11) is 0. The number of nitrogens with zero attached hydrogens (tertiary/aromatic N) is 3. The van der Waals surface area contributed by atoms with Crippen LogP contribution in [0.1, 0.15) is 18.5 Å². The fourth-order valence-electron chi connectivity index (χ4n) is 3.65. The van der Waals surface area contributed by atoms with E-state index in [-0.39, 0.29) is 25.3 Å². The van der Waals surface area contributed by atoms with E-state index in [1.54, 1.807) is 4.90 Å². The van der Waals surface area contributed by atoms with Crippen LogP contribution in [0.4, 0.5) is 13.2 Å². The highest BCUT2D eigenvalue weighted by Crippen LogP contribution is 2.58.